The van der Waals surface area contributed by atoms with E-state index in [9.17, 15) is 8.78 Å². The molecule has 0 aliphatic heterocycles. The number of benzene rings is 1. The molecule has 0 N–H and O–H groups in total. The third-order valence-corrected chi connectivity index (χ3v) is 2.46. The van der Waals surface area contributed by atoms with Crippen LogP contribution in [0.5, 0.6) is 5.75 Å². The average Bonchev–Trinajstić information content (AvgIpc) is 2.32. The molecule has 0 aliphatic carbocycles. The lowest BCUT2D eigenvalue weighted by Crippen LogP contribution is -1.98. The van der Waals surface area contributed by atoms with E-state index < -0.39 is 11.6 Å². The number of aromatic nitrogens is 1. The largest absolute Gasteiger partial charge is 0.489 e. The summed E-state index contributed by atoms with van der Waals surface area (Å²) >= 11 is 5.82. The zero-order valence-electron chi connectivity index (χ0n) is 8.66. The van der Waals surface area contributed by atoms with Crippen molar-refractivity contribution < 1.29 is 13.5 Å². The van der Waals surface area contributed by atoms with Gasteiger partial charge in [-0.15, -0.1) is 0 Å². The molecule has 1 aromatic carbocycles. The summed E-state index contributed by atoms with van der Waals surface area (Å²) in [7, 11) is 0. The Balaban J connectivity index is 2.08. The van der Waals surface area contributed by atoms with Gasteiger partial charge in [0.05, 0.1) is 0 Å². The summed E-state index contributed by atoms with van der Waals surface area (Å²) in [6.45, 7) is 0.151. The highest BCUT2D eigenvalue weighted by atomic mass is 35.5. The fraction of sp³-hybridized carbons (Fsp3) is 0.0833. The van der Waals surface area contributed by atoms with Gasteiger partial charge in [-0.05, 0) is 18.2 Å². The zero-order chi connectivity index (χ0) is 12.3. The summed E-state index contributed by atoms with van der Waals surface area (Å²) in [5, 5.41) is 0.329. The van der Waals surface area contributed by atoms with Gasteiger partial charge in [0, 0.05) is 17.8 Å². The molecule has 0 saturated heterocycles. The Morgan fingerprint density at radius 3 is 2.71 bits per heavy atom. The van der Waals surface area contributed by atoms with Crippen molar-refractivity contribution >= 4 is 11.6 Å². The number of nitrogens with zero attached hydrogens (tertiary/aromatic N) is 1. The number of halogens is 3. The summed E-state index contributed by atoms with van der Waals surface area (Å²) in [6, 6.07) is 6.81. The maximum Gasteiger partial charge on any atom is 0.162 e. The van der Waals surface area contributed by atoms with Gasteiger partial charge in [-0.3, -0.25) is 0 Å². The van der Waals surface area contributed by atoms with Crippen LogP contribution in [0.3, 0.4) is 0 Å². The molecule has 88 valence electrons. The van der Waals surface area contributed by atoms with Crippen LogP contribution >= 0.6 is 11.6 Å². The van der Waals surface area contributed by atoms with Crippen LogP contribution in [0.2, 0.25) is 5.15 Å². The van der Waals surface area contributed by atoms with E-state index in [4.69, 9.17) is 16.3 Å². The van der Waals surface area contributed by atoms with E-state index in [-0.39, 0.29) is 12.4 Å². The summed E-state index contributed by atoms with van der Waals surface area (Å²) in [5.41, 5.74) is 0.680. The summed E-state index contributed by atoms with van der Waals surface area (Å²) in [6.07, 6.45) is 1.56. The molecule has 2 aromatic rings. The standard InChI is InChI=1S/C12H8ClF2NO/c13-12-8(2-1-5-16-12)7-17-9-3-4-10(14)11(15)6-9/h1-6H,7H2. The first kappa shape index (κ1) is 11.8. The molecule has 0 amide bonds. The number of rotatable bonds is 3. The Hall–Kier alpha value is -1.68. The molecule has 0 radical (unpaired) electrons. The molecule has 2 rings (SSSR count). The van der Waals surface area contributed by atoms with Gasteiger partial charge in [-0.1, -0.05) is 17.7 Å². The van der Waals surface area contributed by atoms with Crippen molar-refractivity contribution in [2.24, 2.45) is 0 Å². The van der Waals surface area contributed by atoms with E-state index in [1.807, 2.05) is 0 Å². The molecular weight excluding hydrogens is 248 g/mol. The van der Waals surface area contributed by atoms with Crippen LogP contribution in [0.25, 0.3) is 0 Å². The topological polar surface area (TPSA) is 22.1 Å². The lowest BCUT2D eigenvalue weighted by Gasteiger charge is -2.07. The molecular formula is C12H8ClF2NO. The van der Waals surface area contributed by atoms with Gasteiger partial charge in [0.1, 0.15) is 17.5 Å². The Morgan fingerprint density at radius 2 is 2.00 bits per heavy atom. The van der Waals surface area contributed by atoms with Crippen LogP contribution in [-0.4, -0.2) is 4.98 Å². The third kappa shape index (κ3) is 2.91. The molecule has 0 saturated carbocycles. The quantitative estimate of drug-likeness (QED) is 0.782. The summed E-state index contributed by atoms with van der Waals surface area (Å²) in [4.78, 5) is 3.87. The minimum atomic E-state index is -0.945. The molecule has 1 heterocycles. The number of hydrogen-bond acceptors (Lipinski definition) is 2. The molecule has 17 heavy (non-hydrogen) atoms. The smallest absolute Gasteiger partial charge is 0.162 e. The molecule has 0 aliphatic rings. The van der Waals surface area contributed by atoms with Crippen LogP contribution < -0.4 is 4.74 Å². The van der Waals surface area contributed by atoms with Crippen molar-refractivity contribution in [2.75, 3.05) is 0 Å². The zero-order valence-corrected chi connectivity index (χ0v) is 9.42. The van der Waals surface area contributed by atoms with E-state index >= 15 is 0 Å². The monoisotopic (exact) mass is 255 g/mol. The van der Waals surface area contributed by atoms with Crippen molar-refractivity contribution in [3.8, 4) is 5.75 Å². The van der Waals surface area contributed by atoms with Crippen LogP contribution in [0, 0.1) is 11.6 Å². The van der Waals surface area contributed by atoms with E-state index in [0.717, 1.165) is 12.1 Å². The van der Waals surface area contributed by atoms with Gasteiger partial charge < -0.3 is 4.74 Å². The average molecular weight is 256 g/mol. The minimum Gasteiger partial charge on any atom is -0.489 e. The molecule has 0 spiro atoms. The van der Waals surface area contributed by atoms with Crippen molar-refractivity contribution in [3.05, 3.63) is 58.9 Å². The number of pyridine rings is 1. The minimum absolute atomic E-state index is 0.151. The molecule has 1 aromatic heterocycles. The molecule has 2 nitrogen and oxygen atoms in total. The second-order valence-corrected chi connectivity index (χ2v) is 3.68. The molecule has 0 atom stereocenters. The van der Waals surface area contributed by atoms with E-state index in [1.54, 1.807) is 18.3 Å². The summed E-state index contributed by atoms with van der Waals surface area (Å²) in [5.74, 6) is -1.61. The Kier molecular flexibility index (Phi) is 3.54. The molecule has 0 fully saturated rings. The Morgan fingerprint density at radius 1 is 1.18 bits per heavy atom. The van der Waals surface area contributed by atoms with Gasteiger partial charge in [-0.25, -0.2) is 13.8 Å². The highest BCUT2D eigenvalue weighted by molar-refractivity contribution is 6.30. The van der Waals surface area contributed by atoms with Crippen molar-refractivity contribution in [1.82, 2.24) is 4.98 Å². The fourth-order valence-electron chi connectivity index (χ4n) is 1.25. The maximum atomic E-state index is 12.9. The predicted octanol–water partition coefficient (Wildman–Crippen LogP) is 3.59. The van der Waals surface area contributed by atoms with Gasteiger partial charge in [-0.2, -0.15) is 0 Å². The first-order valence-corrected chi connectivity index (χ1v) is 5.22. The van der Waals surface area contributed by atoms with Crippen LogP contribution in [-0.2, 0) is 6.61 Å². The maximum absolute atomic E-state index is 12.9. The lowest BCUT2D eigenvalue weighted by atomic mass is 10.3. The SMILES string of the molecule is Fc1ccc(OCc2cccnc2Cl)cc1F. The first-order valence-electron chi connectivity index (χ1n) is 4.84. The summed E-state index contributed by atoms with van der Waals surface area (Å²) < 4.78 is 30.8. The molecule has 0 unspecified atom stereocenters. The van der Waals surface area contributed by atoms with E-state index in [0.29, 0.717) is 10.7 Å². The van der Waals surface area contributed by atoms with Gasteiger partial charge >= 0.3 is 0 Å². The second kappa shape index (κ2) is 5.10. The van der Waals surface area contributed by atoms with E-state index in [1.165, 1.54) is 6.07 Å². The van der Waals surface area contributed by atoms with Crippen molar-refractivity contribution in [1.29, 1.82) is 0 Å². The highest BCUT2D eigenvalue weighted by Crippen LogP contribution is 2.18. The van der Waals surface area contributed by atoms with Crippen molar-refractivity contribution in [3.63, 3.8) is 0 Å². The first-order chi connectivity index (χ1) is 8.16. The molecule has 5 heteroatoms. The van der Waals surface area contributed by atoms with Crippen LogP contribution in [0.1, 0.15) is 5.56 Å². The van der Waals surface area contributed by atoms with Gasteiger partial charge in [0.2, 0.25) is 0 Å². The predicted molar refractivity (Wildman–Crippen MR) is 59.9 cm³/mol. The Labute approximate surface area is 102 Å². The Bertz CT molecular complexity index is 534. The highest BCUT2D eigenvalue weighted by Gasteiger charge is 2.05. The van der Waals surface area contributed by atoms with Crippen LogP contribution in [0.15, 0.2) is 36.5 Å². The number of hydrogen-bond donors (Lipinski definition) is 0. The normalized spacial score (nSPS) is 10.3. The van der Waals surface area contributed by atoms with Crippen molar-refractivity contribution in [2.45, 2.75) is 6.61 Å². The lowest BCUT2D eigenvalue weighted by molar-refractivity contribution is 0.303. The second-order valence-electron chi connectivity index (χ2n) is 3.32. The fourth-order valence-corrected chi connectivity index (χ4v) is 1.43. The number of ether oxygens (including phenoxy) is 1. The third-order valence-electron chi connectivity index (χ3n) is 2.12. The van der Waals surface area contributed by atoms with E-state index in [2.05, 4.69) is 4.98 Å². The van der Waals surface area contributed by atoms with Gasteiger partial charge in [0.25, 0.3) is 0 Å². The van der Waals surface area contributed by atoms with Gasteiger partial charge in [0.15, 0.2) is 11.6 Å². The van der Waals surface area contributed by atoms with Crippen LogP contribution in [0.4, 0.5) is 8.78 Å². The molecule has 0 bridgehead atoms.